The average Bonchev–Trinajstić information content (AvgIpc) is 2.82. The largest absolute Gasteiger partial charge is 0.461 e. The average molecular weight is 339 g/mol. The minimum absolute atomic E-state index is 0.154. The number of nitrogens with zero attached hydrogens (tertiary/aromatic N) is 1. The second-order valence-electron chi connectivity index (χ2n) is 4.30. The van der Waals surface area contributed by atoms with Gasteiger partial charge in [-0.15, -0.1) is 0 Å². The lowest BCUT2D eigenvalue weighted by molar-refractivity contribution is 0.0519. The fraction of sp³-hybridized carbons (Fsp3) is 0.286. The van der Waals surface area contributed by atoms with Crippen LogP contribution in [0.25, 0.3) is 0 Å². The highest BCUT2D eigenvalue weighted by atomic mass is 79.9. The Kier molecular flexibility index (Phi) is 4.44. The summed E-state index contributed by atoms with van der Waals surface area (Å²) in [4.78, 5) is 15.6. The maximum Gasteiger partial charge on any atom is 0.360 e. The number of oxazole rings is 1. The van der Waals surface area contributed by atoms with E-state index in [1.165, 1.54) is 6.26 Å². The highest BCUT2D eigenvalue weighted by Gasteiger charge is 2.14. The molecule has 20 heavy (non-hydrogen) atoms. The van der Waals surface area contributed by atoms with Gasteiger partial charge in [0, 0.05) is 10.2 Å². The Bertz CT molecular complexity index is 614. The van der Waals surface area contributed by atoms with Gasteiger partial charge in [0.25, 0.3) is 6.01 Å². The van der Waals surface area contributed by atoms with E-state index in [0.29, 0.717) is 6.61 Å². The summed E-state index contributed by atoms with van der Waals surface area (Å²) >= 11 is 3.44. The van der Waals surface area contributed by atoms with Crippen molar-refractivity contribution in [2.24, 2.45) is 0 Å². The van der Waals surface area contributed by atoms with Crippen LogP contribution in [0.4, 0.5) is 11.7 Å². The zero-order chi connectivity index (χ0) is 14.7. The number of esters is 1. The Balaban J connectivity index is 2.21. The number of aromatic nitrogens is 1. The molecule has 0 bridgehead atoms. The maximum atomic E-state index is 11.5. The van der Waals surface area contributed by atoms with Crippen LogP contribution in [0.5, 0.6) is 0 Å². The molecule has 1 N–H and O–H groups in total. The summed E-state index contributed by atoms with van der Waals surface area (Å²) in [5.41, 5.74) is 3.16. The van der Waals surface area contributed by atoms with E-state index < -0.39 is 5.97 Å². The molecule has 6 heteroatoms. The molecule has 0 amide bonds. The molecule has 2 aromatic rings. The number of ether oxygens (including phenoxy) is 1. The van der Waals surface area contributed by atoms with Crippen molar-refractivity contribution in [2.45, 2.75) is 20.8 Å². The molecule has 5 nitrogen and oxygen atoms in total. The fourth-order valence-corrected chi connectivity index (χ4v) is 2.53. The van der Waals surface area contributed by atoms with Gasteiger partial charge in [-0.1, -0.05) is 15.9 Å². The lowest BCUT2D eigenvalue weighted by Crippen LogP contribution is -2.05. The van der Waals surface area contributed by atoms with Crippen LogP contribution in [-0.4, -0.2) is 17.6 Å². The number of hydrogen-bond acceptors (Lipinski definition) is 5. The predicted molar refractivity (Wildman–Crippen MR) is 79.4 cm³/mol. The van der Waals surface area contributed by atoms with Gasteiger partial charge in [0.15, 0.2) is 5.69 Å². The summed E-state index contributed by atoms with van der Waals surface area (Å²) in [6.45, 7) is 6.01. The minimum Gasteiger partial charge on any atom is -0.461 e. The summed E-state index contributed by atoms with van der Waals surface area (Å²) < 4.78 is 11.1. The van der Waals surface area contributed by atoms with Crippen molar-refractivity contribution in [3.05, 3.63) is 39.7 Å². The van der Waals surface area contributed by atoms with E-state index in [-0.39, 0.29) is 11.7 Å². The van der Waals surface area contributed by atoms with E-state index in [1.807, 2.05) is 26.0 Å². The van der Waals surface area contributed by atoms with Gasteiger partial charge >= 0.3 is 5.97 Å². The van der Waals surface area contributed by atoms with Crippen LogP contribution in [0.2, 0.25) is 0 Å². The standard InChI is InChI=1S/C14H15BrN2O3/c1-4-19-13(18)11-7-20-14(16-11)17-12-8(2)5-10(15)6-9(12)3/h5-7H,4H2,1-3H3,(H,16,17). The first kappa shape index (κ1) is 14.6. The second-order valence-corrected chi connectivity index (χ2v) is 5.21. The van der Waals surface area contributed by atoms with Crippen LogP contribution in [0.15, 0.2) is 27.3 Å². The maximum absolute atomic E-state index is 11.5. The number of hydrogen-bond donors (Lipinski definition) is 1. The first-order chi connectivity index (χ1) is 9.51. The number of carbonyl (C=O) groups is 1. The fourth-order valence-electron chi connectivity index (χ4n) is 1.84. The van der Waals surface area contributed by atoms with Crippen molar-refractivity contribution >= 4 is 33.6 Å². The molecule has 0 aliphatic rings. The topological polar surface area (TPSA) is 64.4 Å². The van der Waals surface area contributed by atoms with Crippen LogP contribution in [0.1, 0.15) is 28.5 Å². The van der Waals surface area contributed by atoms with Crippen LogP contribution in [0, 0.1) is 13.8 Å². The number of aryl methyl sites for hydroxylation is 2. The molecule has 0 spiro atoms. The summed E-state index contributed by atoms with van der Waals surface area (Å²) in [6, 6.07) is 4.25. The molecule has 0 atom stereocenters. The SMILES string of the molecule is CCOC(=O)c1coc(Nc2c(C)cc(Br)cc2C)n1. The Morgan fingerprint density at radius 3 is 2.65 bits per heavy atom. The molecular formula is C14H15BrN2O3. The number of anilines is 2. The minimum atomic E-state index is -0.492. The molecule has 0 unspecified atom stereocenters. The van der Waals surface area contributed by atoms with E-state index >= 15 is 0 Å². The van der Waals surface area contributed by atoms with Crippen molar-refractivity contribution < 1.29 is 13.9 Å². The lowest BCUT2D eigenvalue weighted by Gasteiger charge is -2.10. The highest BCUT2D eigenvalue weighted by molar-refractivity contribution is 9.10. The first-order valence-electron chi connectivity index (χ1n) is 6.17. The summed E-state index contributed by atoms with van der Waals surface area (Å²) in [5, 5.41) is 3.08. The number of carbonyl (C=O) groups excluding carboxylic acids is 1. The molecule has 1 aromatic carbocycles. The molecule has 0 saturated heterocycles. The van der Waals surface area contributed by atoms with Crippen molar-refractivity contribution in [3.8, 4) is 0 Å². The van der Waals surface area contributed by atoms with Gasteiger partial charge in [-0.05, 0) is 44.0 Å². The third-order valence-corrected chi connectivity index (χ3v) is 3.18. The molecule has 0 fully saturated rings. The van der Waals surface area contributed by atoms with Gasteiger partial charge in [0.1, 0.15) is 6.26 Å². The number of nitrogens with one attached hydrogen (secondary N) is 1. The van der Waals surface area contributed by atoms with Gasteiger partial charge in [-0.3, -0.25) is 0 Å². The zero-order valence-corrected chi connectivity index (χ0v) is 13.1. The van der Waals surface area contributed by atoms with Gasteiger partial charge in [-0.2, -0.15) is 4.98 Å². The zero-order valence-electron chi connectivity index (χ0n) is 11.5. The Morgan fingerprint density at radius 2 is 2.05 bits per heavy atom. The molecule has 106 valence electrons. The molecule has 0 radical (unpaired) electrons. The number of halogens is 1. The molecule has 1 aromatic heterocycles. The smallest absolute Gasteiger partial charge is 0.360 e. The first-order valence-corrected chi connectivity index (χ1v) is 6.97. The van der Waals surface area contributed by atoms with Crippen LogP contribution in [-0.2, 0) is 4.74 Å². The molecule has 0 aliphatic heterocycles. The molecule has 0 saturated carbocycles. The third kappa shape index (κ3) is 3.19. The van der Waals surface area contributed by atoms with Gasteiger partial charge < -0.3 is 14.5 Å². The lowest BCUT2D eigenvalue weighted by atomic mass is 10.1. The van der Waals surface area contributed by atoms with Crippen LogP contribution >= 0.6 is 15.9 Å². The van der Waals surface area contributed by atoms with Gasteiger partial charge in [0.2, 0.25) is 0 Å². The second kappa shape index (κ2) is 6.09. The monoisotopic (exact) mass is 338 g/mol. The molecule has 2 rings (SSSR count). The van der Waals surface area contributed by atoms with E-state index in [0.717, 1.165) is 21.3 Å². The molecular weight excluding hydrogens is 324 g/mol. The molecule has 0 aliphatic carbocycles. The van der Waals surface area contributed by atoms with E-state index in [1.54, 1.807) is 6.92 Å². The predicted octanol–water partition coefficient (Wildman–Crippen LogP) is 3.97. The Hall–Kier alpha value is -1.82. The summed E-state index contributed by atoms with van der Waals surface area (Å²) in [5.74, 6) is -0.492. The number of benzene rings is 1. The number of rotatable bonds is 4. The summed E-state index contributed by atoms with van der Waals surface area (Å²) in [7, 11) is 0. The summed E-state index contributed by atoms with van der Waals surface area (Å²) in [6.07, 6.45) is 1.28. The normalized spacial score (nSPS) is 10.4. The van der Waals surface area contributed by atoms with Crippen LogP contribution < -0.4 is 5.32 Å². The van der Waals surface area contributed by atoms with E-state index in [4.69, 9.17) is 9.15 Å². The van der Waals surface area contributed by atoms with Gasteiger partial charge in [-0.25, -0.2) is 4.79 Å². The van der Waals surface area contributed by atoms with Crippen molar-refractivity contribution in [1.29, 1.82) is 0 Å². The van der Waals surface area contributed by atoms with Crippen molar-refractivity contribution in [1.82, 2.24) is 4.98 Å². The van der Waals surface area contributed by atoms with Gasteiger partial charge in [0.05, 0.1) is 6.61 Å². The third-order valence-electron chi connectivity index (χ3n) is 2.72. The quantitative estimate of drug-likeness (QED) is 0.854. The van der Waals surface area contributed by atoms with Crippen LogP contribution in [0.3, 0.4) is 0 Å². The Morgan fingerprint density at radius 1 is 1.40 bits per heavy atom. The van der Waals surface area contributed by atoms with Crippen molar-refractivity contribution in [2.75, 3.05) is 11.9 Å². The molecule has 1 heterocycles. The highest BCUT2D eigenvalue weighted by Crippen LogP contribution is 2.27. The Labute approximate surface area is 125 Å². The van der Waals surface area contributed by atoms with E-state index in [9.17, 15) is 4.79 Å². The van der Waals surface area contributed by atoms with Crippen molar-refractivity contribution in [3.63, 3.8) is 0 Å². The van der Waals surface area contributed by atoms with E-state index in [2.05, 4.69) is 26.2 Å².